The minimum Gasteiger partial charge on any atom is -0.486 e. The number of carbonyl (C=O) groups excluding carboxylic acids is 1. The highest BCUT2D eigenvalue weighted by atomic mass is 32.1. The van der Waals surface area contributed by atoms with Gasteiger partial charge in [-0.1, -0.05) is 6.07 Å². The van der Waals surface area contributed by atoms with Crippen LogP contribution in [0.5, 0.6) is 11.5 Å². The molecule has 1 aromatic carbocycles. The number of hydrogen-bond acceptors (Lipinski definition) is 7. The van der Waals surface area contributed by atoms with E-state index >= 15 is 0 Å². The largest absolute Gasteiger partial charge is 0.486 e. The smallest absolute Gasteiger partial charge is 0.248 e. The maximum Gasteiger partial charge on any atom is 0.248 e. The van der Waals surface area contributed by atoms with Crippen molar-refractivity contribution < 1.29 is 18.7 Å². The fraction of sp³-hybridized carbons (Fsp3) is 0.316. The molecular weight excluding hydrogens is 366 g/mol. The van der Waals surface area contributed by atoms with E-state index in [1.54, 1.807) is 23.3 Å². The SMILES string of the molecule is CN(Cc1ccc2c(c1)OCCO2)C(=O)CCc1nnc(-c2ccsc2)o1. The summed E-state index contributed by atoms with van der Waals surface area (Å²) in [5.74, 6) is 2.45. The van der Waals surface area contributed by atoms with Crippen LogP contribution in [-0.2, 0) is 17.8 Å². The Hall–Kier alpha value is -2.87. The molecule has 1 aliphatic rings. The second-order valence-corrected chi connectivity index (χ2v) is 7.02. The number of amides is 1. The van der Waals surface area contributed by atoms with Gasteiger partial charge in [0.1, 0.15) is 13.2 Å². The maximum absolute atomic E-state index is 12.4. The molecule has 140 valence electrons. The Bertz CT molecular complexity index is 923. The van der Waals surface area contributed by atoms with Crippen molar-refractivity contribution in [2.45, 2.75) is 19.4 Å². The molecule has 0 aliphatic carbocycles. The van der Waals surface area contributed by atoms with Crippen molar-refractivity contribution in [1.82, 2.24) is 15.1 Å². The third-order valence-corrected chi connectivity index (χ3v) is 4.92. The first-order valence-electron chi connectivity index (χ1n) is 8.66. The van der Waals surface area contributed by atoms with Crippen molar-refractivity contribution in [2.75, 3.05) is 20.3 Å². The van der Waals surface area contributed by atoms with Crippen LogP contribution in [0.3, 0.4) is 0 Å². The Balaban J connectivity index is 1.32. The summed E-state index contributed by atoms with van der Waals surface area (Å²) in [5, 5.41) is 12.0. The van der Waals surface area contributed by atoms with Gasteiger partial charge in [0.05, 0.1) is 0 Å². The lowest BCUT2D eigenvalue weighted by molar-refractivity contribution is -0.130. The Morgan fingerprint density at radius 3 is 2.85 bits per heavy atom. The average Bonchev–Trinajstić information content (AvgIpc) is 3.37. The standard InChI is InChI=1S/C19H19N3O4S/c1-22(11-13-2-3-15-16(10-13)25-8-7-24-15)18(23)5-4-17-20-21-19(26-17)14-6-9-27-12-14/h2-3,6,9-10,12H,4-5,7-8,11H2,1H3. The molecule has 0 saturated heterocycles. The molecule has 0 atom stereocenters. The van der Waals surface area contributed by atoms with Crippen LogP contribution in [0.25, 0.3) is 11.5 Å². The third-order valence-electron chi connectivity index (χ3n) is 4.24. The number of ether oxygens (including phenoxy) is 2. The number of carbonyl (C=O) groups is 1. The predicted octanol–water partition coefficient (Wildman–Crippen LogP) is 3.16. The van der Waals surface area contributed by atoms with Crippen molar-refractivity contribution in [3.05, 3.63) is 46.5 Å². The van der Waals surface area contributed by atoms with E-state index in [-0.39, 0.29) is 5.91 Å². The van der Waals surface area contributed by atoms with Crippen LogP contribution in [0, 0.1) is 0 Å². The predicted molar refractivity (Wildman–Crippen MR) is 99.8 cm³/mol. The van der Waals surface area contributed by atoms with Gasteiger partial charge in [0, 0.05) is 37.4 Å². The van der Waals surface area contributed by atoms with E-state index in [2.05, 4.69) is 10.2 Å². The van der Waals surface area contributed by atoms with Crippen LogP contribution in [0.15, 0.2) is 39.4 Å². The zero-order valence-corrected chi connectivity index (χ0v) is 15.7. The first-order chi connectivity index (χ1) is 13.2. The highest BCUT2D eigenvalue weighted by Crippen LogP contribution is 2.31. The second-order valence-electron chi connectivity index (χ2n) is 6.24. The van der Waals surface area contributed by atoms with Gasteiger partial charge >= 0.3 is 0 Å². The summed E-state index contributed by atoms with van der Waals surface area (Å²) in [6.07, 6.45) is 0.730. The summed E-state index contributed by atoms with van der Waals surface area (Å²) >= 11 is 1.57. The van der Waals surface area contributed by atoms with Crippen molar-refractivity contribution in [3.63, 3.8) is 0 Å². The second kappa shape index (κ2) is 7.79. The Morgan fingerprint density at radius 1 is 1.19 bits per heavy atom. The molecule has 2 aromatic heterocycles. The van der Waals surface area contributed by atoms with Gasteiger partial charge in [-0.15, -0.1) is 10.2 Å². The van der Waals surface area contributed by atoms with Crippen molar-refractivity contribution >= 4 is 17.2 Å². The lowest BCUT2D eigenvalue weighted by Crippen LogP contribution is -2.26. The number of thiophene rings is 1. The van der Waals surface area contributed by atoms with E-state index in [0.717, 1.165) is 22.6 Å². The van der Waals surface area contributed by atoms with Gasteiger partial charge in [0.15, 0.2) is 11.5 Å². The number of aromatic nitrogens is 2. The molecule has 8 heteroatoms. The van der Waals surface area contributed by atoms with E-state index in [1.165, 1.54) is 0 Å². The van der Waals surface area contributed by atoms with Gasteiger partial charge < -0.3 is 18.8 Å². The van der Waals surface area contributed by atoms with Gasteiger partial charge in [-0.05, 0) is 29.1 Å². The monoisotopic (exact) mass is 385 g/mol. The molecule has 0 saturated carbocycles. The molecule has 0 unspecified atom stereocenters. The normalized spacial score (nSPS) is 12.8. The average molecular weight is 385 g/mol. The van der Waals surface area contributed by atoms with Crippen LogP contribution in [0.4, 0.5) is 0 Å². The molecule has 27 heavy (non-hydrogen) atoms. The van der Waals surface area contributed by atoms with Crippen LogP contribution in [0.1, 0.15) is 17.9 Å². The lowest BCUT2D eigenvalue weighted by Gasteiger charge is -2.21. The molecule has 0 radical (unpaired) electrons. The third kappa shape index (κ3) is 4.11. The lowest BCUT2D eigenvalue weighted by atomic mass is 10.1. The molecule has 1 amide bonds. The highest BCUT2D eigenvalue weighted by molar-refractivity contribution is 7.08. The quantitative estimate of drug-likeness (QED) is 0.649. The first kappa shape index (κ1) is 17.5. The Labute approximate surface area is 160 Å². The number of benzene rings is 1. The number of rotatable bonds is 6. The van der Waals surface area contributed by atoms with E-state index in [4.69, 9.17) is 13.9 Å². The first-order valence-corrected chi connectivity index (χ1v) is 9.61. The van der Waals surface area contributed by atoms with Gasteiger partial charge in [-0.25, -0.2) is 0 Å². The molecule has 4 rings (SSSR count). The summed E-state index contributed by atoms with van der Waals surface area (Å²) in [4.78, 5) is 14.1. The highest BCUT2D eigenvalue weighted by Gasteiger charge is 2.16. The molecule has 0 bridgehead atoms. The fourth-order valence-corrected chi connectivity index (χ4v) is 3.44. The molecule has 1 aliphatic heterocycles. The number of aryl methyl sites for hydroxylation is 1. The summed E-state index contributed by atoms with van der Waals surface area (Å²) in [6.45, 7) is 1.61. The number of hydrogen-bond donors (Lipinski definition) is 0. The zero-order valence-electron chi connectivity index (χ0n) is 14.9. The molecular formula is C19H19N3O4S. The molecule has 3 aromatic rings. The zero-order chi connectivity index (χ0) is 18.6. The topological polar surface area (TPSA) is 77.7 Å². The van der Waals surface area contributed by atoms with Crippen LogP contribution in [-0.4, -0.2) is 41.3 Å². The van der Waals surface area contributed by atoms with Gasteiger partial charge in [0.2, 0.25) is 17.7 Å². The molecule has 3 heterocycles. The summed E-state index contributed by atoms with van der Waals surface area (Å²) in [5.41, 5.74) is 1.90. The van der Waals surface area contributed by atoms with Crippen LogP contribution in [0.2, 0.25) is 0 Å². The van der Waals surface area contributed by atoms with Gasteiger partial charge in [0.25, 0.3) is 0 Å². The van der Waals surface area contributed by atoms with Gasteiger partial charge in [-0.2, -0.15) is 11.3 Å². The van der Waals surface area contributed by atoms with E-state index in [0.29, 0.717) is 44.4 Å². The number of nitrogens with zero attached hydrogens (tertiary/aromatic N) is 3. The van der Waals surface area contributed by atoms with E-state index in [1.807, 2.05) is 35.0 Å². The maximum atomic E-state index is 12.4. The fourth-order valence-electron chi connectivity index (χ4n) is 2.81. The summed E-state index contributed by atoms with van der Waals surface area (Å²) in [7, 11) is 1.78. The summed E-state index contributed by atoms with van der Waals surface area (Å²) in [6, 6.07) is 7.67. The molecule has 0 spiro atoms. The van der Waals surface area contributed by atoms with Crippen LogP contribution < -0.4 is 9.47 Å². The van der Waals surface area contributed by atoms with Gasteiger partial charge in [-0.3, -0.25) is 4.79 Å². The minimum absolute atomic E-state index is 0.0140. The number of fused-ring (bicyclic) bond motifs is 1. The molecule has 7 nitrogen and oxygen atoms in total. The van der Waals surface area contributed by atoms with Crippen molar-refractivity contribution in [1.29, 1.82) is 0 Å². The minimum atomic E-state index is 0.0140. The van der Waals surface area contributed by atoms with Crippen molar-refractivity contribution in [2.24, 2.45) is 0 Å². The summed E-state index contributed by atoms with van der Waals surface area (Å²) < 4.78 is 16.7. The van der Waals surface area contributed by atoms with Crippen LogP contribution >= 0.6 is 11.3 Å². The Morgan fingerprint density at radius 2 is 2.04 bits per heavy atom. The van der Waals surface area contributed by atoms with E-state index < -0.39 is 0 Å². The Kier molecular flexibility index (Phi) is 5.06. The molecule has 0 fully saturated rings. The molecule has 0 N–H and O–H groups in total. The van der Waals surface area contributed by atoms with E-state index in [9.17, 15) is 4.79 Å². The van der Waals surface area contributed by atoms with Crippen molar-refractivity contribution in [3.8, 4) is 23.0 Å².